The molecule has 0 radical (unpaired) electrons. The van der Waals surface area contributed by atoms with Gasteiger partial charge in [0, 0.05) is 5.56 Å². The highest BCUT2D eigenvalue weighted by atomic mass is 19.4. The molecule has 8 heteroatoms. The van der Waals surface area contributed by atoms with Gasteiger partial charge in [-0.05, 0) is 29.8 Å². The predicted octanol–water partition coefficient (Wildman–Crippen LogP) is 4.51. The van der Waals surface area contributed by atoms with E-state index in [1.54, 1.807) is 0 Å². The normalized spacial score (nSPS) is 15.0. The van der Waals surface area contributed by atoms with Crippen molar-refractivity contribution in [3.05, 3.63) is 65.2 Å². The fraction of sp³-hybridized carbons (Fsp3) is 0.250. The van der Waals surface area contributed by atoms with E-state index in [2.05, 4.69) is 0 Å². The quantitative estimate of drug-likeness (QED) is 0.826. The molecule has 24 heavy (non-hydrogen) atoms. The minimum atomic E-state index is -5.25. The maximum absolute atomic E-state index is 13.6. The van der Waals surface area contributed by atoms with E-state index in [4.69, 9.17) is 4.74 Å². The molecule has 0 heterocycles. The number of benzene rings is 2. The molecule has 1 atom stereocenters. The topological polar surface area (TPSA) is 29.5 Å². The zero-order valence-electron chi connectivity index (χ0n) is 12.2. The number of methoxy groups -OCH3 is 1. The van der Waals surface area contributed by atoms with Crippen LogP contribution in [-0.2, 0) is 11.8 Å². The van der Waals surface area contributed by atoms with Crippen LogP contribution in [0.4, 0.5) is 26.3 Å². The Labute approximate surface area is 133 Å². The van der Waals surface area contributed by atoms with Crippen molar-refractivity contribution in [1.29, 1.82) is 0 Å². The van der Waals surface area contributed by atoms with Gasteiger partial charge in [-0.1, -0.05) is 24.3 Å². The van der Waals surface area contributed by atoms with Crippen molar-refractivity contribution < 1.29 is 36.2 Å². The van der Waals surface area contributed by atoms with Crippen LogP contribution in [0.15, 0.2) is 48.5 Å². The molecule has 0 saturated carbocycles. The molecule has 1 unspecified atom stereocenters. The third-order valence-corrected chi connectivity index (χ3v) is 3.51. The molecule has 0 aliphatic carbocycles. The lowest BCUT2D eigenvalue weighted by Gasteiger charge is -2.32. The van der Waals surface area contributed by atoms with E-state index >= 15 is 0 Å². The average molecular weight is 350 g/mol. The summed E-state index contributed by atoms with van der Waals surface area (Å²) >= 11 is 0. The van der Waals surface area contributed by atoms with Crippen molar-refractivity contribution in [1.82, 2.24) is 0 Å². The molecular formula is C16H12F6O2. The number of rotatable bonds is 3. The zero-order chi connectivity index (χ0) is 18.2. The second-order valence-electron chi connectivity index (χ2n) is 5.02. The van der Waals surface area contributed by atoms with Gasteiger partial charge in [0.15, 0.2) is 0 Å². The van der Waals surface area contributed by atoms with Gasteiger partial charge in [0.25, 0.3) is 0 Å². The second-order valence-corrected chi connectivity index (χ2v) is 5.02. The molecule has 0 aliphatic rings. The van der Waals surface area contributed by atoms with Gasteiger partial charge in [0.1, 0.15) is 5.75 Å². The summed E-state index contributed by atoms with van der Waals surface area (Å²) in [6, 6.07) is 6.98. The fourth-order valence-electron chi connectivity index (χ4n) is 2.26. The van der Waals surface area contributed by atoms with Gasteiger partial charge in [0.05, 0.1) is 12.7 Å². The Hall–Kier alpha value is -2.22. The minimum Gasteiger partial charge on any atom is -0.497 e. The van der Waals surface area contributed by atoms with Crippen LogP contribution >= 0.6 is 0 Å². The zero-order valence-corrected chi connectivity index (χ0v) is 12.2. The average Bonchev–Trinajstić information content (AvgIpc) is 2.52. The smallest absolute Gasteiger partial charge is 0.425 e. The summed E-state index contributed by atoms with van der Waals surface area (Å²) in [5.41, 5.74) is -6.47. The molecule has 1 N–H and O–H groups in total. The predicted molar refractivity (Wildman–Crippen MR) is 73.5 cm³/mol. The summed E-state index contributed by atoms with van der Waals surface area (Å²) in [5, 5.41) is 10.4. The van der Waals surface area contributed by atoms with Crippen molar-refractivity contribution in [2.45, 2.75) is 18.0 Å². The van der Waals surface area contributed by atoms with Crippen LogP contribution in [0.2, 0.25) is 0 Å². The lowest BCUT2D eigenvalue weighted by atomic mass is 9.84. The van der Waals surface area contributed by atoms with Gasteiger partial charge in [-0.2, -0.15) is 26.3 Å². The van der Waals surface area contributed by atoms with Crippen LogP contribution < -0.4 is 4.74 Å². The van der Waals surface area contributed by atoms with E-state index < -0.39 is 34.6 Å². The standard InChI is InChI=1S/C16H12F6O2/c1-24-13-7-3-5-11(9-13)14(23,16(20,21)22)10-4-2-6-12(8-10)15(17,18)19/h2-9,23H,1H3. The van der Waals surface area contributed by atoms with E-state index in [0.717, 1.165) is 24.3 Å². The maximum atomic E-state index is 13.6. The van der Waals surface area contributed by atoms with Crippen molar-refractivity contribution >= 4 is 0 Å². The SMILES string of the molecule is COc1cccc(C(O)(c2cccc(C(F)(F)F)c2)C(F)(F)F)c1. The van der Waals surface area contributed by atoms with Crippen LogP contribution in [0.5, 0.6) is 5.75 Å². The minimum absolute atomic E-state index is 0.0298. The molecule has 0 saturated heterocycles. The van der Waals surface area contributed by atoms with Gasteiger partial charge in [-0.25, -0.2) is 0 Å². The number of hydrogen-bond donors (Lipinski definition) is 1. The van der Waals surface area contributed by atoms with E-state index in [9.17, 15) is 31.4 Å². The van der Waals surface area contributed by atoms with E-state index in [0.29, 0.717) is 6.07 Å². The number of alkyl halides is 6. The summed E-state index contributed by atoms with van der Waals surface area (Å²) in [6.45, 7) is 0. The first kappa shape index (κ1) is 18.1. The number of aliphatic hydroxyl groups is 1. The van der Waals surface area contributed by atoms with Crippen LogP contribution in [-0.4, -0.2) is 18.4 Å². The Morgan fingerprint density at radius 1 is 0.792 bits per heavy atom. The van der Waals surface area contributed by atoms with Gasteiger partial charge >= 0.3 is 12.4 Å². The Bertz CT molecular complexity index is 723. The molecular weight excluding hydrogens is 338 g/mol. The number of ether oxygens (including phenoxy) is 1. The van der Waals surface area contributed by atoms with E-state index in [1.807, 2.05) is 0 Å². The van der Waals surface area contributed by atoms with Crippen LogP contribution in [0.3, 0.4) is 0 Å². The Kier molecular flexibility index (Phi) is 4.54. The lowest BCUT2D eigenvalue weighted by molar-refractivity contribution is -0.248. The highest BCUT2D eigenvalue weighted by molar-refractivity contribution is 5.43. The third-order valence-electron chi connectivity index (χ3n) is 3.51. The molecule has 2 nitrogen and oxygen atoms in total. The van der Waals surface area contributed by atoms with E-state index in [-0.39, 0.29) is 11.8 Å². The summed E-state index contributed by atoms with van der Waals surface area (Å²) in [5.74, 6) is 0.0298. The summed E-state index contributed by atoms with van der Waals surface area (Å²) < 4.78 is 83.9. The largest absolute Gasteiger partial charge is 0.497 e. The second kappa shape index (κ2) is 6.01. The fourth-order valence-corrected chi connectivity index (χ4v) is 2.26. The van der Waals surface area contributed by atoms with Crippen molar-refractivity contribution in [2.24, 2.45) is 0 Å². The molecule has 0 amide bonds. The highest BCUT2D eigenvalue weighted by Crippen LogP contribution is 2.45. The third kappa shape index (κ3) is 3.19. The monoisotopic (exact) mass is 350 g/mol. The summed E-state index contributed by atoms with van der Waals surface area (Å²) in [7, 11) is 1.22. The van der Waals surface area contributed by atoms with Gasteiger partial charge in [-0.3, -0.25) is 0 Å². The van der Waals surface area contributed by atoms with Crippen molar-refractivity contribution in [3.8, 4) is 5.75 Å². The highest BCUT2D eigenvalue weighted by Gasteiger charge is 2.56. The first-order valence-electron chi connectivity index (χ1n) is 6.61. The molecule has 2 rings (SSSR count). The molecule has 0 aromatic heterocycles. The molecule has 2 aromatic carbocycles. The van der Waals surface area contributed by atoms with Crippen LogP contribution in [0.1, 0.15) is 16.7 Å². The summed E-state index contributed by atoms with van der Waals surface area (Å²) in [6.07, 6.45) is -10.1. The van der Waals surface area contributed by atoms with Crippen molar-refractivity contribution in [2.75, 3.05) is 7.11 Å². The molecule has 0 aliphatic heterocycles. The molecule has 0 spiro atoms. The molecule has 130 valence electrons. The number of halogens is 6. The Balaban J connectivity index is 2.70. The summed E-state index contributed by atoms with van der Waals surface area (Å²) in [4.78, 5) is 0. The first-order valence-corrected chi connectivity index (χ1v) is 6.61. The Morgan fingerprint density at radius 3 is 1.79 bits per heavy atom. The maximum Gasteiger partial charge on any atom is 0.425 e. The van der Waals surface area contributed by atoms with Crippen LogP contribution in [0.25, 0.3) is 0 Å². The van der Waals surface area contributed by atoms with Crippen LogP contribution in [0, 0.1) is 0 Å². The Morgan fingerprint density at radius 2 is 1.29 bits per heavy atom. The van der Waals surface area contributed by atoms with Gasteiger partial charge < -0.3 is 9.84 Å². The first-order chi connectivity index (χ1) is 11.0. The van der Waals surface area contributed by atoms with Crippen molar-refractivity contribution in [3.63, 3.8) is 0 Å². The van der Waals surface area contributed by atoms with E-state index in [1.165, 1.54) is 19.2 Å². The molecule has 0 fully saturated rings. The number of hydrogen-bond acceptors (Lipinski definition) is 2. The molecule has 2 aromatic rings. The van der Waals surface area contributed by atoms with Gasteiger partial charge in [-0.15, -0.1) is 0 Å². The lowest BCUT2D eigenvalue weighted by Crippen LogP contribution is -2.43. The van der Waals surface area contributed by atoms with Gasteiger partial charge in [0.2, 0.25) is 5.60 Å². The molecule has 0 bridgehead atoms.